The smallest absolute Gasteiger partial charge is 0.210 e. The molecule has 0 aliphatic carbocycles. The fraction of sp³-hybridized carbons (Fsp3) is 0.929. The van der Waals surface area contributed by atoms with E-state index >= 15 is 0 Å². The Balaban J connectivity index is 0.000000956. The van der Waals surface area contributed by atoms with Crippen molar-refractivity contribution in [2.24, 2.45) is 5.73 Å². The predicted octanol–water partition coefficient (Wildman–Crippen LogP) is -0.509. The molecule has 3 N–H and O–H groups in total. The number of hydrogen-bond donors (Lipinski definition) is 2. The van der Waals surface area contributed by atoms with Gasteiger partial charge in [-0.15, -0.1) is 0 Å². The number of carbonyl (C=O) groups excluding carboxylic acids is 1. The van der Waals surface area contributed by atoms with Crippen molar-refractivity contribution in [2.45, 2.75) is 38.4 Å². The minimum atomic E-state index is 0.156. The van der Waals surface area contributed by atoms with Gasteiger partial charge in [0.1, 0.15) is 0 Å². The highest BCUT2D eigenvalue weighted by Crippen LogP contribution is 2.17. The number of carbonyl (C=O) groups is 1. The Labute approximate surface area is 122 Å². The van der Waals surface area contributed by atoms with E-state index in [1.807, 2.05) is 18.7 Å². The molecule has 0 spiro atoms. The molecule has 0 saturated carbocycles. The average molecular weight is 286 g/mol. The van der Waals surface area contributed by atoms with E-state index in [4.69, 9.17) is 10.5 Å². The normalized spacial score (nSPS) is 31.4. The van der Waals surface area contributed by atoms with E-state index in [1.54, 1.807) is 7.11 Å². The molecule has 1 amide bonds. The third-order valence-electron chi connectivity index (χ3n) is 4.01. The van der Waals surface area contributed by atoms with Crippen LogP contribution in [0.2, 0.25) is 0 Å². The number of ether oxygens (including phenoxy) is 1. The van der Waals surface area contributed by atoms with Gasteiger partial charge in [0, 0.05) is 45.4 Å². The van der Waals surface area contributed by atoms with E-state index in [9.17, 15) is 4.79 Å². The van der Waals surface area contributed by atoms with Gasteiger partial charge in [-0.3, -0.25) is 9.69 Å². The van der Waals surface area contributed by atoms with Crippen LogP contribution in [0.5, 0.6) is 0 Å². The van der Waals surface area contributed by atoms with Gasteiger partial charge in [-0.1, -0.05) is 13.8 Å². The molecule has 0 aromatic heterocycles. The molecule has 3 atom stereocenters. The molecule has 0 radical (unpaired) electrons. The Morgan fingerprint density at radius 3 is 2.75 bits per heavy atom. The third-order valence-corrected chi connectivity index (χ3v) is 4.01. The van der Waals surface area contributed by atoms with Crippen LogP contribution in [0.25, 0.3) is 0 Å². The summed E-state index contributed by atoms with van der Waals surface area (Å²) < 4.78 is 5.21. The number of nitrogens with one attached hydrogen (secondary N) is 1. The Morgan fingerprint density at radius 2 is 2.15 bits per heavy atom. The molecule has 6 heteroatoms. The van der Waals surface area contributed by atoms with Crippen LogP contribution in [0.4, 0.5) is 0 Å². The van der Waals surface area contributed by atoms with Gasteiger partial charge in [0.2, 0.25) is 6.41 Å². The highest BCUT2D eigenvalue weighted by Gasteiger charge is 2.33. The molecule has 2 fully saturated rings. The number of nitrogens with zero attached hydrogens (tertiary/aromatic N) is 2. The van der Waals surface area contributed by atoms with Crippen molar-refractivity contribution in [1.82, 2.24) is 15.1 Å². The van der Waals surface area contributed by atoms with Gasteiger partial charge in [0.05, 0.1) is 12.6 Å². The standard InChI is InChI=1S/C12H24N4O2.C2H6/c1-18-8-10-7-15(4-5-16(10)9-17)12-2-3-14-6-11(12)13;1-2/h9-12,14H,2-8,13H2,1H3;1-2H3. The molecule has 6 nitrogen and oxygen atoms in total. The monoisotopic (exact) mass is 286 g/mol. The van der Waals surface area contributed by atoms with Crippen molar-refractivity contribution in [2.75, 3.05) is 46.4 Å². The first-order valence-electron chi connectivity index (χ1n) is 7.66. The van der Waals surface area contributed by atoms with Gasteiger partial charge in [-0.25, -0.2) is 0 Å². The lowest BCUT2D eigenvalue weighted by molar-refractivity contribution is -0.125. The van der Waals surface area contributed by atoms with Crippen LogP contribution >= 0.6 is 0 Å². The van der Waals surface area contributed by atoms with Crippen molar-refractivity contribution in [3.05, 3.63) is 0 Å². The molecule has 3 unspecified atom stereocenters. The molecule has 2 saturated heterocycles. The van der Waals surface area contributed by atoms with Crippen molar-refractivity contribution in [1.29, 1.82) is 0 Å². The lowest BCUT2D eigenvalue weighted by Crippen LogP contribution is -2.63. The molecule has 0 bridgehead atoms. The molecule has 2 rings (SSSR count). The fourth-order valence-electron chi connectivity index (χ4n) is 3.00. The summed E-state index contributed by atoms with van der Waals surface area (Å²) in [6.07, 6.45) is 2.02. The first-order chi connectivity index (χ1) is 9.76. The molecule has 0 aromatic carbocycles. The highest BCUT2D eigenvalue weighted by atomic mass is 16.5. The van der Waals surface area contributed by atoms with E-state index in [2.05, 4.69) is 10.2 Å². The highest BCUT2D eigenvalue weighted by molar-refractivity contribution is 5.48. The summed E-state index contributed by atoms with van der Waals surface area (Å²) in [5, 5.41) is 3.32. The van der Waals surface area contributed by atoms with E-state index < -0.39 is 0 Å². The first-order valence-corrected chi connectivity index (χ1v) is 7.66. The maximum absolute atomic E-state index is 11.0. The van der Waals surface area contributed by atoms with Crippen molar-refractivity contribution in [3.8, 4) is 0 Å². The summed E-state index contributed by atoms with van der Waals surface area (Å²) in [7, 11) is 1.68. The van der Waals surface area contributed by atoms with Crippen molar-refractivity contribution >= 4 is 6.41 Å². The molecule has 0 aromatic rings. The summed E-state index contributed by atoms with van der Waals surface area (Å²) in [6.45, 7) is 9.06. The number of methoxy groups -OCH3 is 1. The molecule has 118 valence electrons. The van der Waals surface area contributed by atoms with Crippen LogP contribution < -0.4 is 11.1 Å². The van der Waals surface area contributed by atoms with E-state index in [1.165, 1.54) is 0 Å². The van der Waals surface area contributed by atoms with Crippen LogP contribution in [0, 0.1) is 0 Å². The average Bonchev–Trinajstić information content (AvgIpc) is 2.50. The van der Waals surface area contributed by atoms with Gasteiger partial charge in [-0.05, 0) is 13.0 Å². The zero-order chi connectivity index (χ0) is 15.0. The van der Waals surface area contributed by atoms with Crippen LogP contribution in [0.15, 0.2) is 0 Å². The SMILES string of the molecule is CC.COCC1CN(C2CCNCC2N)CCN1C=O. The number of nitrogens with two attached hydrogens (primary N) is 1. The van der Waals surface area contributed by atoms with Crippen LogP contribution in [-0.2, 0) is 9.53 Å². The molecular formula is C14H30N4O2. The number of amides is 1. The fourth-order valence-corrected chi connectivity index (χ4v) is 3.00. The summed E-state index contributed by atoms with van der Waals surface area (Å²) in [5.41, 5.74) is 6.18. The zero-order valence-electron chi connectivity index (χ0n) is 13.0. The number of piperazine rings is 1. The molecule has 20 heavy (non-hydrogen) atoms. The molecular weight excluding hydrogens is 256 g/mol. The lowest BCUT2D eigenvalue weighted by atomic mass is 9.98. The number of rotatable bonds is 4. The second kappa shape index (κ2) is 9.28. The second-order valence-corrected chi connectivity index (χ2v) is 5.17. The van der Waals surface area contributed by atoms with Gasteiger partial charge in [0.15, 0.2) is 0 Å². The van der Waals surface area contributed by atoms with E-state index in [0.717, 1.165) is 45.6 Å². The molecule has 2 aliphatic heterocycles. The van der Waals surface area contributed by atoms with Crippen LogP contribution in [-0.4, -0.2) is 80.8 Å². The second-order valence-electron chi connectivity index (χ2n) is 5.17. The summed E-state index contributed by atoms with van der Waals surface area (Å²) in [4.78, 5) is 15.3. The van der Waals surface area contributed by atoms with Crippen LogP contribution in [0.1, 0.15) is 20.3 Å². The molecule has 2 heterocycles. The maximum atomic E-state index is 11.0. The van der Waals surface area contributed by atoms with Gasteiger partial charge < -0.3 is 20.7 Å². The largest absolute Gasteiger partial charge is 0.382 e. The number of hydrogen-bond acceptors (Lipinski definition) is 5. The quantitative estimate of drug-likeness (QED) is 0.681. The molecule has 2 aliphatic rings. The van der Waals surface area contributed by atoms with E-state index in [0.29, 0.717) is 12.6 Å². The minimum Gasteiger partial charge on any atom is -0.382 e. The number of piperidine rings is 1. The Kier molecular flexibility index (Phi) is 8.06. The summed E-state index contributed by atoms with van der Waals surface area (Å²) in [5.74, 6) is 0. The predicted molar refractivity (Wildman–Crippen MR) is 80.6 cm³/mol. The lowest BCUT2D eigenvalue weighted by Gasteiger charge is -2.45. The van der Waals surface area contributed by atoms with E-state index in [-0.39, 0.29) is 12.1 Å². The maximum Gasteiger partial charge on any atom is 0.210 e. The first kappa shape index (κ1) is 17.4. The Bertz CT molecular complexity index is 278. The van der Waals surface area contributed by atoms with Gasteiger partial charge >= 0.3 is 0 Å². The van der Waals surface area contributed by atoms with Crippen molar-refractivity contribution < 1.29 is 9.53 Å². The van der Waals surface area contributed by atoms with Crippen LogP contribution in [0.3, 0.4) is 0 Å². The van der Waals surface area contributed by atoms with Crippen molar-refractivity contribution in [3.63, 3.8) is 0 Å². The third kappa shape index (κ3) is 4.41. The minimum absolute atomic E-state index is 0.156. The van der Waals surface area contributed by atoms with Gasteiger partial charge in [0.25, 0.3) is 0 Å². The Morgan fingerprint density at radius 1 is 1.40 bits per heavy atom. The zero-order valence-corrected chi connectivity index (χ0v) is 13.0. The summed E-state index contributed by atoms with van der Waals surface area (Å²) in [6, 6.07) is 0.771. The Hall–Kier alpha value is -0.690. The topological polar surface area (TPSA) is 70.8 Å². The summed E-state index contributed by atoms with van der Waals surface area (Å²) >= 11 is 0. The van der Waals surface area contributed by atoms with Gasteiger partial charge in [-0.2, -0.15) is 0 Å².